The largest absolute Gasteiger partial charge is 0.316 e. The van der Waals surface area contributed by atoms with Gasteiger partial charge in [0.25, 0.3) is 0 Å². The van der Waals surface area contributed by atoms with Gasteiger partial charge in [-0.2, -0.15) is 0 Å². The number of hydrogen-bond acceptors (Lipinski definition) is 4. The van der Waals surface area contributed by atoms with Crippen molar-refractivity contribution in [1.29, 1.82) is 0 Å². The molecule has 5 heteroatoms. The quantitative estimate of drug-likeness (QED) is 0.664. The summed E-state index contributed by atoms with van der Waals surface area (Å²) < 4.78 is 0. The molecule has 17 heavy (non-hydrogen) atoms. The molecule has 1 fully saturated rings. The molecule has 0 bridgehead atoms. The first kappa shape index (κ1) is 13.9. The normalized spacial score (nSPS) is 20.8. The second-order valence-electron chi connectivity index (χ2n) is 4.56. The summed E-state index contributed by atoms with van der Waals surface area (Å²) in [4.78, 5) is 25.1. The average molecular weight is 239 g/mol. The molecule has 0 aliphatic carbocycles. The molecule has 96 valence electrons. The molecule has 2 amide bonds. The van der Waals surface area contributed by atoms with Crippen molar-refractivity contribution in [3.8, 4) is 0 Å². The number of hydrogen-bond donors (Lipinski definition) is 2. The summed E-state index contributed by atoms with van der Waals surface area (Å²) in [6.45, 7) is 2.31. The number of nitrogens with one attached hydrogen (secondary N) is 2. The van der Waals surface area contributed by atoms with E-state index in [2.05, 4.69) is 10.6 Å². The third-order valence-electron chi connectivity index (χ3n) is 2.65. The SMILES string of the molecule is CN(C)CC=CC(=O)NC(=O)C1CCCNC1. The number of rotatable bonds is 4. The van der Waals surface area contributed by atoms with Crippen molar-refractivity contribution in [2.75, 3.05) is 33.7 Å². The fourth-order valence-corrected chi connectivity index (χ4v) is 1.71. The van der Waals surface area contributed by atoms with E-state index < -0.39 is 0 Å². The molecule has 0 aromatic rings. The highest BCUT2D eigenvalue weighted by Gasteiger charge is 2.21. The van der Waals surface area contributed by atoms with E-state index in [0.29, 0.717) is 13.1 Å². The number of carbonyl (C=O) groups excluding carboxylic acids is 2. The highest BCUT2D eigenvalue weighted by atomic mass is 16.2. The predicted octanol–water partition coefficient (Wildman–Crippen LogP) is -0.253. The molecular formula is C12H21N3O2. The van der Waals surface area contributed by atoms with Crippen LogP contribution in [0.5, 0.6) is 0 Å². The van der Waals surface area contributed by atoms with Gasteiger partial charge in [0.05, 0.1) is 5.92 Å². The Labute approximate surface area is 102 Å². The van der Waals surface area contributed by atoms with Gasteiger partial charge in [0, 0.05) is 19.2 Å². The van der Waals surface area contributed by atoms with E-state index in [-0.39, 0.29) is 17.7 Å². The maximum Gasteiger partial charge on any atom is 0.250 e. The number of nitrogens with zero attached hydrogens (tertiary/aromatic N) is 1. The number of amides is 2. The minimum absolute atomic E-state index is 0.0741. The maximum atomic E-state index is 11.7. The van der Waals surface area contributed by atoms with Crippen molar-refractivity contribution in [2.45, 2.75) is 12.8 Å². The van der Waals surface area contributed by atoms with E-state index >= 15 is 0 Å². The molecule has 0 radical (unpaired) electrons. The lowest BCUT2D eigenvalue weighted by Crippen LogP contribution is -2.42. The lowest BCUT2D eigenvalue weighted by Gasteiger charge is -2.21. The minimum Gasteiger partial charge on any atom is -0.316 e. The number of imide groups is 1. The highest BCUT2D eigenvalue weighted by Crippen LogP contribution is 2.09. The fraction of sp³-hybridized carbons (Fsp3) is 0.667. The number of carbonyl (C=O) groups is 2. The van der Waals surface area contributed by atoms with Crippen molar-refractivity contribution in [2.24, 2.45) is 5.92 Å². The van der Waals surface area contributed by atoms with Crippen LogP contribution in [0.4, 0.5) is 0 Å². The van der Waals surface area contributed by atoms with Crippen LogP contribution in [0.25, 0.3) is 0 Å². The van der Waals surface area contributed by atoms with Gasteiger partial charge in [-0.1, -0.05) is 6.08 Å². The zero-order valence-electron chi connectivity index (χ0n) is 10.5. The van der Waals surface area contributed by atoms with Gasteiger partial charge in [-0.25, -0.2) is 0 Å². The summed E-state index contributed by atoms with van der Waals surface area (Å²) in [5, 5.41) is 5.55. The molecular weight excluding hydrogens is 218 g/mol. The summed E-state index contributed by atoms with van der Waals surface area (Å²) in [5.41, 5.74) is 0. The first-order chi connectivity index (χ1) is 8.09. The molecule has 1 aliphatic heterocycles. The smallest absolute Gasteiger partial charge is 0.250 e. The Morgan fingerprint density at radius 2 is 2.24 bits per heavy atom. The van der Waals surface area contributed by atoms with Crippen LogP contribution < -0.4 is 10.6 Å². The zero-order valence-corrected chi connectivity index (χ0v) is 10.5. The zero-order chi connectivity index (χ0) is 12.7. The summed E-state index contributed by atoms with van der Waals surface area (Å²) >= 11 is 0. The first-order valence-corrected chi connectivity index (χ1v) is 5.96. The van der Waals surface area contributed by atoms with Crippen LogP contribution in [0.1, 0.15) is 12.8 Å². The lowest BCUT2D eigenvalue weighted by atomic mass is 9.99. The molecule has 1 atom stereocenters. The second-order valence-corrected chi connectivity index (χ2v) is 4.56. The molecule has 1 rings (SSSR count). The fourth-order valence-electron chi connectivity index (χ4n) is 1.71. The molecule has 0 spiro atoms. The van der Waals surface area contributed by atoms with Gasteiger partial charge in [0.1, 0.15) is 0 Å². The van der Waals surface area contributed by atoms with E-state index in [1.165, 1.54) is 6.08 Å². The molecule has 1 unspecified atom stereocenters. The molecule has 0 aromatic carbocycles. The molecule has 1 heterocycles. The molecule has 0 saturated carbocycles. The standard InChI is InChI=1S/C12H21N3O2/c1-15(2)8-4-6-11(16)14-12(17)10-5-3-7-13-9-10/h4,6,10,13H,3,5,7-9H2,1-2H3,(H,14,16,17). The van der Waals surface area contributed by atoms with Gasteiger partial charge in [-0.05, 0) is 33.5 Å². The van der Waals surface area contributed by atoms with Crippen LogP contribution in [-0.2, 0) is 9.59 Å². The maximum absolute atomic E-state index is 11.7. The van der Waals surface area contributed by atoms with Gasteiger partial charge in [0.2, 0.25) is 11.8 Å². The van der Waals surface area contributed by atoms with E-state index in [9.17, 15) is 9.59 Å². The van der Waals surface area contributed by atoms with E-state index in [1.54, 1.807) is 6.08 Å². The van der Waals surface area contributed by atoms with Gasteiger partial charge >= 0.3 is 0 Å². The van der Waals surface area contributed by atoms with Crippen LogP contribution >= 0.6 is 0 Å². The Hall–Kier alpha value is -1.20. The van der Waals surface area contributed by atoms with Crippen LogP contribution in [-0.4, -0.2) is 50.4 Å². The summed E-state index contributed by atoms with van der Waals surface area (Å²) in [5.74, 6) is -0.575. The Bertz CT molecular complexity index is 294. The van der Waals surface area contributed by atoms with Crippen LogP contribution in [0, 0.1) is 5.92 Å². The number of likely N-dealkylation sites (N-methyl/N-ethyl adjacent to an activating group) is 1. The Morgan fingerprint density at radius 1 is 1.47 bits per heavy atom. The molecule has 0 aromatic heterocycles. The third kappa shape index (κ3) is 5.60. The van der Waals surface area contributed by atoms with Crippen LogP contribution in [0.15, 0.2) is 12.2 Å². The van der Waals surface area contributed by atoms with Crippen molar-refractivity contribution in [3.05, 3.63) is 12.2 Å². The van der Waals surface area contributed by atoms with Crippen molar-refractivity contribution in [1.82, 2.24) is 15.5 Å². The van der Waals surface area contributed by atoms with E-state index in [4.69, 9.17) is 0 Å². The molecule has 2 N–H and O–H groups in total. The molecule has 1 aliphatic rings. The molecule has 5 nitrogen and oxygen atoms in total. The monoisotopic (exact) mass is 239 g/mol. The summed E-state index contributed by atoms with van der Waals surface area (Å²) in [7, 11) is 3.84. The Kier molecular flexibility index (Phi) is 5.86. The van der Waals surface area contributed by atoms with E-state index in [0.717, 1.165) is 19.4 Å². The first-order valence-electron chi connectivity index (χ1n) is 5.96. The van der Waals surface area contributed by atoms with Crippen LogP contribution in [0.3, 0.4) is 0 Å². The van der Waals surface area contributed by atoms with Crippen molar-refractivity contribution >= 4 is 11.8 Å². The topological polar surface area (TPSA) is 61.4 Å². The minimum atomic E-state index is -0.331. The van der Waals surface area contributed by atoms with Gasteiger partial charge in [-0.15, -0.1) is 0 Å². The highest BCUT2D eigenvalue weighted by molar-refractivity contribution is 6.01. The van der Waals surface area contributed by atoms with Gasteiger partial charge in [0.15, 0.2) is 0 Å². The Morgan fingerprint density at radius 3 is 2.82 bits per heavy atom. The summed E-state index contributed by atoms with van der Waals surface area (Å²) in [6, 6.07) is 0. The van der Waals surface area contributed by atoms with Crippen molar-refractivity contribution < 1.29 is 9.59 Å². The van der Waals surface area contributed by atoms with Crippen molar-refractivity contribution in [3.63, 3.8) is 0 Å². The molecule has 1 saturated heterocycles. The van der Waals surface area contributed by atoms with Gasteiger partial charge < -0.3 is 10.2 Å². The third-order valence-corrected chi connectivity index (χ3v) is 2.65. The summed E-state index contributed by atoms with van der Waals surface area (Å²) in [6.07, 6.45) is 4.99. The Balaban J connectivity index is 2.29. The predicted molar refractivity (Wildman–Crippen MR) is 66.4 cm³/mol. The second kappa shape index (κ2) is 7.19. The van der Waals surface area contributed by atoms with E-state index in [1.807, 2.05) is 19.0 Å². The average Bonchev–Trinajstić information content (AvgIpc) is 2.29. The van der Waals surface area contributed by atoms with Gasteiger partial charge in [-0.3, -0.25) is 14.9 Å². The number of piperidine rings is 1. The lowest BCUT2D eigenvalue weighted by molar-refractivity contribution is -0.131. The van der Waals surface area contributed by atoms with Crippen LogP contribution in [0.2, 0.25) is 0 Å².